The smallest absolute Gasteiger partial charge is 0.409 e. The van der Waals surface area contributed by atoms with E-state index in [0.717, 1.165) is 18.4 Å². The molecule has 0 saturated heterocycles. The predicted octanol–water partition coefficient (Wildman–Crippen LogP) is 4.29. The molecule has 0 aliphatic carbocycles. The number of ether oxygens (including phenoxy) is 2. The lowest BCUT2D eigenvalue weighted by molar-refractivity contribution is -0.138. The fourth-order valence-corrected chi connectivity index (χ4v) is 2.60. The highest BCUT2D eigenvalue weighted by Gasteiger charge is 2.14. The molecule has 1 aromatic carbocycles. The van der Waals surface area contributed by atoms with Crippen LogP contribution in [0.5, 0.6) is 5.75 Å². The SMILES string of the molecule is CCCCCCCN(CCOc1ccc(C(C)C(=O)O)cc1)C(=O)OC. The van der Waals surface area contributed by atoms with Gasteiger partial charge in [0.05, 0.1) is 19.6 Å². The molecule has 6 nitrogen and oxygen atoms in total. The Labute approximate surface area is 156 Å². The zero-order valence-electron chi connectivity index (χ0n) is 16.1. The van der Waals surface area contributed by atoms with Crippen molar-refractivity contribution >= 4 is 12.1 Å². The highest BCUT2D eigenvalue weighted by atomic mass is 16.5. The number of carbonyl (C=O) groups is 2. The van der Waals surface area contributed by atoms with Crippen LogP contribution in [0.25, 0.3) is 0 Å². The molecule has 1 rings (SSSR count). The van der Waals surface area contributed by atoms with Crippen LogP contribution in [0.3, 0.4) is 0 Å². The highest BCUT2D eigenvalue weighted by Crippen LogP contribution is 2.19. The Kier molecular flexibility index (Phi) is 10.2. The summed E-state index contributed by atoms with van der Waals surface area (Å²) >= 11 is 0. The van der Waals surface area contributed by atoms with Gasteiger partial charge in [-0.05, 0) is 31.0 Å². The molecule has 0 saturated carbocycles. The first-order valence-corrected chi connectivity index (χ1v) is 9.28. The minimum atomic E-state index is -0.855. The fourth-order valence-electron chi connectivity index (χ4n) is 2.60. The molecule has 0 radical (unpaired) electrons. The Morgan fingerprint density at radius 1 is 1.08 bits per heavy atom. The molecule has 6 heteroatoms. The summed E-state index contributed by atoms with van der Waals surface area (Å²) < 4.78 is 10.5. The van der Waals surface area contributed by atoms with E-state index >= 15 is 0 Å². The number of unbranched alkanes of at least 4 members (excludes halogenated alkanes) is 4. The van der Waals surface area contributed by atoms with Gasteiger partial charge in [0, 0.05) is 6.54 Å². The van der Waals surface area contributed by atoms with Crippen LogP contribution in [0.2, 0.25) is 0 Å². The van der Waals surface area contributed by atoms with Crippen LogP contribution >= 0.6 is 0 Å². The molecule has 146 valence electrons. The zero-order valence-corrected chi connectivity index (χ0v) is 16.1. The van der Waals surface area contributed by atoms with E-state index in [1.54, 1.807) is 36.1 Å². The van der Waals surface area contributed by atoms with Crippen LogP contribution in [-0.4, -0.2) is 48.9 Å². The van der Waals surface area contributed by atoms with Gasteiger partial charge in [0.15, 0.2) is 0 Å². The lowest BCUT2D eigenvalue weighted by atomic mass is 10.0. The van der Waals surface area contributed by atoms with Gasteiger partial charge >= 0.3 is 12.1 Å². The standard InChI is InChI=1S/C20H31NO5/c1-4-5-6-7-8-13-21(20(24)25-3)14-15-26-18-11-9-17(10-12-18)16(2)19(22)23/h9-12,16H,4-8,13-15H2,1-3H3,(H,22,23). The lowest BCUT2D eigenvalue weighted by Crippen LogP contribution is -2.35. The molecule has 0 bridgehead atoms. The van der Waals surface area contributed by atoms with Gasteiger partial charge in [-0.1, -0.05) is 44.7 Å². The molecule has 1 N–H and O–H groups in total. The minimum absolute atomic E-state index is 0.338. The van der Waals surface area contributed by atoms with Gasteiger partial charge in [0.25, 0.3) is 0 Å². The normalized spacial score (nSPS) is 11.7. The Hall–Kier alpha value is -2.24. The first-order valence-electron chi connectivity index (χ1n) is 9.28. The average Bonchev–Trinajstić information content (AvgIpc) is 2.65. The van der Waals surface area contributed by atoms with Gasteiger partial charge < -0.3 is 19.5 Å². The van der Waals surface area contributed by atoms with Gasteiger partial charge in [0.2, 0.25) is 0 Å². The molecule has 0 aliphatic rings. The van der Waals surface area contributed by atoms with E-state index in [-0.39, 0.29) is 6.09 Å². The van der Waals surface area contributed by atoms with Gasteiger partial charge in [-0.3, -0.25) is 4.79 Å². The van der Waals surface area contributed by atoms with E-state index in [0.29, 0.717) is 25.4 Å². The molecule has 1 amide bonds. The monoisotopic (exact) mass is 365 g/mol. The summed E-state index contributed by atoms with van der Waals surface area (Å²) in [6, 6.07) is 7.00. The molecule has 0 heterocycles. The van der Waals surface area contributed by atoms with E-state index < -0.39 is 11.9 Å². The van der Waals surface area contributed by atoms with Crippen LogP contribution in [0.15, 0.2) is 24.3 Å². The van der Waals surface area contributed by atoms with Crippen molar-refractivity contribution in [3.05, 3.63) is 29.8 Å². The summed E-state index contributed by atoms with van der Waals surface area (Å²) in [5.74, 6) is -0.753. The molecule has 0 spiro atoms. The maximum atomic E-state index is 11.9. The Bertz CT molecular complexity index is 544. The molecule has 0 aromatic heterocycles. The quantitative estimate of drug-likeness (QED) is 0.559. The van der Waals surface area contributed by atoms with Crippen LogP contribution < -0.4 is 4.74 Å². The Morgan fingerprint density at radius 3 is 2.31 bits per heavy atom. The first-order chi connectivity index (χ1) is 12.5. The van der Waals surface area contributed by atoms with Crippen molar-refractivity contribution in [1.29, 1.82) is 0 Å². The average molecular weight is 365 g/mol. The fraction of sp³-hybridized carbons (Fsp3) is 0.600. The van der Waals surface area contributed by atoms with Gasteiger partial charge in [-0.25, -0.2) is 4.79 Å². The molecule has 1 atom stereocenters. The number of nitrogens with zero attached hydrogens (tertiary/aromatic N) is 1. The molecule has 0 aliphatic heterocycles. The maximum absolute atomic E-state index is 11.9. The summed E-state index contributed by atoms with van der Waals surface area (Å²) in [5, 5.41) is 9.02. The number of methoxy groups -OCH3 is 1. The molecule has 26 heavy (non-hydrogen) atoms. The van der Waals surface area contributed by atoms with E-state index in [9.17, 15) is 9.59 Å². The van der Waals surface area contributed by atoms with Crippen molar-refractivity contribution in [2.75, 3.05) is 26.8 Å². The second-order valence-corrected chi connectivity index (χ2v) is 6.35. The van der Waals surface area contributed by atoms with Crippen molar-refractivity contribution < 1.29 is 24.2 Å². The predicted molar refractivity (Wildman–Crippen MR) is 101 cm³/mol. The number of aliphatic carboxylic acids is 1. The van der Waals surface area contributed by atoms with E-state index in [4.69, 9.17) is 14.6 Å². The molecule has 1 aromatic rings. The molecule has 1 unspecified atom stereocenters. The number of hydrogen-bond donors (Lipinski definition) is 1. The number of carbonyl (C=O) groups excluding carboxylic acids is 1. The Balaban J connectivity index is 2.43. The minimum Gasteiger partial charge on any atom is -0.492 e. The van der Waals surface area contributed by atoms with Gasteiger partial charge in [-0.15, -0.1) is 0 Å². The topological polar surface area (TPSA) is 76.1 Å². The molecular weight excluding hydrogens is 334 g/mol. The van der Waals surface area contributed by atoms with Crippen molar-refractivity contribution in [3.8, 4) is 5.75 Å². The largest absolute Gasteiger partial charge is 0.492 e. The number of rotatable bonds is 12. The summed E-state index contributed by atoms with van der Waals surface area (Å²) in [7, 11) is 1.38. The van der Waals surface area contributed by atoms with Crippen molar-refractivity contribution in [3.63, 3.8) is 0 Å². The summed E-state index contributed by atoms with van der Waals surface area (Å²) in [4.78, 5) is 24.5. The van der Waals surface area contributed by atoms with E-state index in [1.807, 2.05) is 0 Å². The Morgan fingerprint density at radius 2 is 1.73 bits per heavy atom. The van der Waals surface area contributed by atoms with Crippen LogP contribution in [0.4, 0.5) is 4.79 Å². The summed E-state index contributed by atoms with van der Waals surface area (Å²) in [5.41, 5.74) is 0.730. The van der Waals surface area contributed by atoms with Crippen molar-refractivity contribution in [1.82, 2.24) is 4.90 Å². The van der Waals surface area contributed by atoms with Crippen LogP contribution in [-0.2, 0) is 9.53 Å². The van der Waals surface area contributed by atoms with Gasteiger partial charge in [0.1, 0.15) is 12.4 Å². The van der Waals surface area contributed by atoms with Crippen LogP contribution in [0, 0.1) is 0 Å². The summed E-state index contributed by atoms with van der Waals surface area (Å²) in [6.07, 6.45) is 5.32. The molecular formula is C20H31NO5. The van der Waals surface area contributed by atoms with E-state index in [2.05, 4.69) is 6.92 Å². The zero-order chi connectivity index (χ0) is 19.4. The van der Waals surface area contributed by atoms with Crippen molar-refractivity contribution in [2.24, 2.45) is 0 Å². The van der Waals surface area contributed by atoms with Crippen molar-refractivity contribution in [2.45, 2.75) is 51.9 Å². The van der Waals surface area contributed by atoms with Gasteiger partial charge in [-0.2, -0.15) is 0 Å². The molecule has 0 fully saturated rings. The third-order valence-corrected chi connectivity index (χ3v) is 4.34. The number of benzene rings is 1. The van der Waals surface area contributed by atoms with E-state index in [1.165, 1.54) is 26.4 Å². The third kappa shape index (κ3) is 7.76. The second-order valence-electron chi connectivity index (χ2n) is 6.35. The highest BCUT2D eigenvalue weighted by molar-refractivity contribution is 5.75. The summed E-state index contributed by atoms with van der Waals surface area (Å²) in [6.45, 7) is 5.29. The number of carboxylic acid groups (broad SMARTS) is 1. The number of carboxylic acids is 1. The number of amides is 1. The first kappa shape index (κ1) is 21.8. The van der Waals surface area contributed by atoms with Crippen LogP contribution in [0.1, 0.15) is 57.4 Å². The lowest BCUT2D eigenvalue weighted by Gasteiger charge is -2.21. The number of hydrogen-bond acceptors (Lipinski definition) is 4. The third-order valence-electron chi connectivity index (χ3n) is 4.34. The second kappa shape index (κ2) is 12.2. The maximum Gasteiger partial charge on any atom is 0.409 e.